The highest BCUT2D eigenvalue weighted by molar-refractivity contribution is 7.99. The summed E-state index contributed by atoms with van der Waals surface area (Å²) in [4.78, 5) is 9.10. The van der Waals surface area contributed by atoms with Gasteiger partial charge in [-0.15, -0.1) is 0 Å². The van der Waals surface area contributed by atoms with E-state index in [2.05, 4.69) is 21.3 Å². The van der Waals surface area contributed by atoms with Crippen molar-refractivity contribution in [3.05, 3.63) is 0 Å². The van der Waals surface area contributed by atoms with E-state index in [0.29, 0.717) is 13.2 Å². The van der Waals surface area contributed by atoms with Crippen LogP contribution in [0.25, 0.3) is 0 Å². The maximum Gasteiger partial charge on any atom is 0.665 e. The molecule has 12 heavy (non-hydrogen) atoms. The third kappa shape index (κ3) is 8.35. The normalized spacial score (nSPS) is 10.2. The summed E-state index contributed by atoms with van der Waals surface area (Å²) in [5.41, 5.74) is 0. The molecule has 6 heteroatoms. The summed E-state index contributed by atoms with van der Waals surface area (Å²) in [5, 5.41) is 8.83. The Morgan fingerprint density at radius 3 is 2.75 bits per heavy atom. The van der Waals surface area contributed by atoms with Crippen molar-refractivity contribution < 1.29 is 19.4 Å². The molecule has 4 nitrogen and oxygen atoms in total. The van der Waals surface area contributed by atoms with Crippen molar-refractivity contribution in [1.29, 1.82) is 0 Å². The van der Waals surface area contributed by atoms with E-state index >= 15 is 0 Å². The first-order chi connectivity index (χ1) is 5.81. The third-order valence-electron chi connectivity index (χ3n) is 0.975. The Bertz CT molecular complexity index is 95.6. The Labute approximate surface area is 77.7 Å². The summed E-state index contributed by atoms with van der Waals surface area (Å²) in [5.74, 6) is 1.91. The summed E-state index contributed by atoms with van der Waals surface area (Å²) >= 11 is 1.75. The molecule has 0 radical (unpaired) electrons. The molecule has 0 fully saturated rings. The van der Waals surface area contributed by atoms with E-state index in [0.717, 1.165) is 11.5 Å². The molecule has 0 aromatic rings. The average Bonchev–Trinajstić information content (AvgIpc) is 2.05. The molecule has 0 amide bonds. The predicted molar refractivity (Wildman–Crippen MR) is 49.6 cm³/mol. The monoisotopic (exact) mass is 194 g/mol. The minimum Gasteiger partial charge on any atom is -0.400 e. The van der Waals surface area contributed by atoms with Gasteiger partial charge < -0.3 is 9.68 Å². The van der Waals surface area contributed by atoms with Crippen LogP contribution >= 0.6 is 11.8 Å². The van der Waals surface area contributed by atoms with Gasteiger partial charge in [-0.2, -0.15) is 11.8 Å². The minimum absolute atomic E-state index is 0.397. The van der Waals surface area contributed by atoms with Gasteiger partial charge in [0.1, 0.15) is 0 Å². The molecule has 0 atom stereocenters. The highest BCUT2D eigenvalue weighted by Crippen LogP contribution is 1.97. The van der Waals surface area contributed by atoms with Gasteiger partial charge in [-0.25, -0.2) is 9.69 Å². The molecule has 0 aliphatic carbocycles. The molecule has 0 rings (SSSR count). The van der Waals surface area contributed by atoms with E-state index < -0.39 is 7.32 Å². The zero-order valence-corrected chi connectivity index (χ0v) is 8.30. The third-order valence-corrected chi connectivity index (χ3v) is 1.84. The molecule has 72 valence electrons. The summed E-state index contributed by atoms with van der Waals surface area (Å²) in [6.07, 6.45) is 0. The van der Waals surface area contributed by atoms with Crippen molar-refractivity contribution in [3.8, 4) is 0 Å². The molecular weight excluding hydrogens is 179 g/mol. The molecule has 0 heterocycles. The van der Waals surface area contributed by atoms with Crippen molar-refractivity contribution in [2.24, 2.45) is 0 Å². The molecule has 0 spiro atoms. The molecule has 0 aliphatic heterocycles. The highest BCUT2D eigenvalue weighted by atomic mass is 32.2. The van der Waals surface area contributed by atoms with Crippen molar-refractivity contribution in [1.82, 2.24) is 0 Å². The van der Waals surface area contributed by atoms with Gasteiger partial charge in [0.2, 0.25) is 0 Å². The second-order valence-electron chi connectivity index (χ2n) is 1.88. The van der Waals surface area contributed by atoms with Crippen molar-refractivity contribution in [3.63, 3.8) is 0 Å². The maximum absolute atomic E-state index is 8.83. The standard InChI is InChI=1S/C6H15BO4S/c1-3-9-7(8)11-10-5-6-12-4-2/h8H,3-6H2,1-2H3. The lowest BCUT2D eigenvalue weighted by Gasteiger charge is -2.05. The van der Waals surface area contributed by atoms with E-state index in [9.17, 15) is 0 Å². The predicted octanol–water partition coefficient (Wildman–Crippen LogP) is 0.701. The molecule has 0 aromatic carbocycles. The van der Waals surface area contributed by atoms with Crippen LogP contribution in [0, 0.1) is 0 Å². The number of rotatable bonds is 8. The van der Waals surface area contributed by atoms with Gasteiger partial charge >= 0.3 is 7.32 Å². The molecular formula is C6H15BO4S. The Morgan fingerprint density at radius 1 is 1.42 bits per heavy atom. The van der Waals surface area contributed by atoms with Crippen LogP contribution in [-0.2, 0) is 14.3 Å². The van der Waals surface area contributed by atoms with Crippen molar-refractivity contribution in [2.45, 2.75) is 13.8 Å². The molecule has 0 saturated heterocycles. The van der Waals surface area contributed by atoms with E-state index in [1.807, 2.05) is 0 Å². The lowest BCUT2D eigenvalue weighted by atomic mass is 10.3. The largest absolute Gasteiger partial charge is 0.665 e. The van der Waals surface area contributed by atoms with Gasteiger partial charge in [0.15, 0.2) is 0 Å². The number of thioether (sulfide) groups is 1. The first-order valence-electron chi connectivity index (χ1n) is 3.97. The zero-order chi connectivity index (χ0) is 9.23. The lowest BCUT2D eigenvalue weighted by molar-refractivity contribution is -0.232. The molecule has 0 saturated carbocycles. The van der Waals surface area contributed by atoms with E-state index in [1.165, 1.54) is 0 Å². The van der Waals surface area contributed by atoms with Crippen molar-refractivity contribution in [2.75, 3.05) is 24.7 Å². The van der Waals surface area contributed by atoms with Gasteiger partial charge in [0.05, 0.1) is 6.61 Å². The summed E-state index contributed by atoms with van der Waals surface area (Å²) in [7, 11) is -1.26. The fourth-order valence-electron chi connectivity index (χ4n) is 0.514. The second kappa shape index (κ2) is 9.34. The van der Waals surface area contributed by atoms with Crippen LogP contribution in [0.2, 0.25) is 0 Å². The first-order valence-corrected chi connectivity index (χ1v) is 5.12. The van der Waals surface area contributed by atoms with Gasteiger partial charge in [0, 0.05) is 12.4 Å². The van der Waals surface area contributed by atoms with Crippen LogP contribution in [0.3, 0.4) is 0 Å². The van der Waals surface area contributed by atoms with Gasteiger partial charge in [-0.05, 0) is 12.7 Å². The van der Waals surface area contributed by atoms with Crippen LogP contribution in [0.15, 0.2) is 0 Å². The second-order valence-corrected chi connectivity index (χ2v) is 3.27. The quantitative estimate of drug-likeness (QED) is 0.267. The first kappa shape index (κ1) is 12.3. The molecule has 0 aliphatic rings. The Hall–Kier alpha value is 0.255. The van der Waals surface area contributed by atoms with Crippen LogP contribution in [0.5, 0.6) is 0 Å². The minimum atomic E-state index is -1.26. The fraction of sp³-hybridized carbons (Fsp3) is 1.00. The van der Waals surface area contributed by atoms with E-state index in [1.54, 1.807) is 18.7 Å². The molecule has 0 aromatic heterocycles. The average molecular weight is 194 g/mol. The Morgan fingerprint density at radius 2 is 2.17 bits per heavy atom. The van der Waals surface area contributed by atoms with E-state index in [4.69, 9.17) is 5.02 Å². The maximum atomic E-state index is 8.83. The van der Waals surface area contributed by atoms with Crippen LogP contribution < -0.4 is 0 Å². The SMILES string of the molecule is CCOB(O)OOCCSCC. The summed E-state index contributed by atoms with van der Waals surface area (Å²) in [6.45, 7) is 4.69. The topological polar surface area (TPSA) is 47.9 Å². The van der Waals surface area contributed by atoms with Gasteiger partial charge in [-0.1, -0.05) is 6.92 Å². The van der Waals surface area contributed by atoms with E-state index in [-0.39, 0.29) is 0 Å². The smallest absolute Gasteiger partial charge is 0.400 e. The highest BCUT2D eigenvalue weighted by Gasteiger charge is 2.15. The van der Waals surface area contributed by atoms with Crippen LogP contribution in [0.4, 0.5) is 0 Å². The molecule has 1 N–H and O–H groups in total. The Kier molecular flexibility index (Phi) is 9.54. The fourth-order valence-corrected chi connectivity index (χ4v) is 0.989. The van der Waals surface area contributed by atoms with Crippen LogP contribution in [0.1, 0.15) is 13.8 Å². The number of hydrogen-bond acceptors (Lipinski definition) is 5. The molecule has 0 bridgehead atoms. The molecule has 0 unspecified atom stereocenters. The van der Waals surface area contributed by atoms with Crippen molar-refractivity contribution >= 4 is 19.1 Å². The summed E-state index contributed by atoms with van der Waals surface area (Å²) < 4.78 is 4.65. The number of hydrogen-bond donors (Lipinski definition) is 1. The summed E-state index contributed by atoms with van der Waals surface area (Å²) in [6, 6.07) is 0. The zero-order valence-electron chi connectivity index (χ0n) is 7.49. The van der Waals surface area contributed by atoms with Gasteiger partial charge in [0.25, 0.3) is 0 Å². The Balaban J connectivity index is 2.97. The lowest BCUT2D eigenvalue weighted by Crippen LogP contribution is -2.23. The van der Waals surface area contributed by atoms with Gasteiger partial charge in [-0.3, -0.25) is 0 Å². The van der Waals surface area contributed by atoms with Crippen LogP contribution in [-0.4, -0.2) is 37.1 Å².